The first-order chi connectivity index (χ1) is 13.5. The highest BCUT2D eigenvalue weighted by Crippen LogP contribution is 2.43. The van der Waals surface area contributed by atoms with Gasteiger partial charge in [-0.05, 0) is 43.2 Å². The Bertz CT molecular complexity index is 841. The molecule has 0 spiro atoms. The van der Waals surface area contributed by atoms with E-state index in [2.05, 4.69) is 5.32 Å². The van der Waals surface area contributed by atoms with Gasteiger partial charge in [0.05, 0.1) is 17.2 Å². The minimum atomic E-state index is -4.44. The van der Waals surface area contributed by atoms with Crippen LogP contribution in [0.2, 0.25) is 0 Å². The molecule has 1 heterocycles. The molecule has 2 aliphatic rings. The van der Waals surface area contributed by atoms with Gasteiger partial charge in [0, 0.05) is 19.6 Å². The molecule has 0 unspecified atom stereocenters. The fourth-order valence-electron chi connectivity index (χ4n) is 4.47. The first kappa shape index (κ1) is 22.1. The summed E-state index contributed by atoms with van der Waals surface area (Å²) in [7, 11) is -3.20. The third-order valence-corrected chi connectivity index (χ3v) is 7.53. The van der Waals surface area contributed by atoms with Gasteiger partial charge in [0.2, 0.25) is 15.9 Å². The van der Waals surface area contributed by atoms with Crippen LogP contribution in [0.4, 0.5) is 13.2 Å². The van der Waals surface area contributed by atoms with E-state index in [4.69, 9.17) is 0 Å². The number of piperidine rings is 1. The molecule has 1 aliphatic carbocycles. The fraction of sp³-hybridized carbons (Fsp3) is 0.650. The van der Waals surface area contributed by atoms with E-state index >= 15 is 0 Å². The molecule has 0 atom stereocenters. The first-order valence-electron chi connectivity index (χ1n) is 9.93. The molecule has 162 valence electrons. The Morgan fingerprint density at radius 2 is 1.83 bits per heavy atom. The van der Waals surface area contributed by atoms with Crippen molar-refractivity contribution in [2.45, 2.75) is 50.1 Å². The summed E-state index contributed by atoms with van der Waals surface area (Å²) >= 11 is 0. The summed E-state index contributed by atoms with van der Waals surface area (Å²) in [6.45, 7) is 1.27. The van der Waals surface area contributed by atoms with Gasteiger partial charge in [-0.25, -0.2) is 12.7 Å². The number of amides is 1. The van der Waals surface area contributed by atoms with Crippen molar-refractivity contribution in [1.29, 1.82) is 0 Å². The maximum atomic E-state index is 13.1. The van der Waals surface area contributed by atoms with Gasteiger partial charge in [0.1, 0.15) is 0 Å². The van der Waals surface area contributed by atoms with Crippen LogP contribution in [0, 0.1) is 5.92 Å². The van der Waals surface area contributed by atoms with Crippen LogP contribution in [-0.4, -0.2) is 44.5 Å². The Balaban J connectivity index is 1.68. The molecule has 2 fully saturated rings. The van der Waals surface area contributed by atoms with Crippen molar-refractivity contribution in [1.82, 2.24) is 9.62 Å². The van der Waals surface area contributed by atoms with Crippen molar-refractivity contribution in [3.63, 3.8) is 0 Å². The van der Waals surface area contributed by atoms with Crippen molar-refractivity contribution >= 4 is 15.9 Å². The average Bonchev–Trinajstić information content (AvgIpc) is 3.16. The lowest BCUT2D eigenvalue weighted by molar-refractivity contribution is -0.138. The monoisotopic (exact) mass is 432 g/mol. The molecule has 1 saturated heterocycles. The zero-order chi connectivity index (χ0) is 21.3. The summed E-state index contributed by atoms with van der Waals surface area (Å²) in [5.41, 5.74) is -1.23. The fourth-order valence-corrected chi connectivity index (χ4v) is 5.34. The average molecular weight is 433 g/mol. The third-order valence-electron chi connectivity index (χ3n) is 6.23. The highest BCUT2D eigenvalue weighted by molar-refractivity contribution is 7.88. The second kappa shape index (κ2) is 8.26. The minimum Gasteiger partial charge on any atom is -0.355 e. The molecule has 0 bridgehead atoms. The van der Waals surface area contributed by atoms with Crippen LogP contribution in [0.3, 0.4) is 0 Å². The van der Waals surface area contributed by atoms with Crippen LogP contribution in [0.1, 0.15) is 49.7 Å². The zero-order valence-electron chi connectivity index (χ0n) is 16.5. The molecule has 29 heavy (non-hydrogen) atoms. The molecular weight excluding hydrogens is 405 g/mol. The second-order valence-corrected chi connectivity index (χ2v) is 10.2. The third kappa shape index (κ3) is 4.94. The summed E-state index contributed by atoms with van der Waals surface area (Å²) in [5.74, 6) is -0.0585. The lowest BCUT2D eigenvalue weighted by atomic mass is 9.77. The van der Waals surface area contributed by atoms with Crippen LogP contribution in [0.15, 0.2) is 24.3 Å². The Kier molecular flexibility index (Phi) is 6.29. The Labute approximate surface area is 169 Å². The first-order valence-corrected chi connectivity index (χ1v) is 11.8. The SMILES string of the molecule is CS(=O)(=O)N1CCC(CNC(=O)C2(c3cccc(C(F)(F)F)c3)CCCC2)CC1. The van der Waals surface area contributed by atoms with Gasteiger partial charge in [-0.1, -0.05) is 31.0 Å². The highest BCUT2D eigenvalue weighted by atomic mass is 32.2. The highest BCUT2D eigenvalue weighted by Gasteiger charge is 2.44. The van der Waals surface area contributed by atoms with Gasteiger partial charge in [-0.2, -0.15) is 13.2 Å². The minimum absolute atomic E-state index is 0.164. The molecule has 3 rings (SSSR count). The number of carbonyl (C=O) groups excluding carboxylic acids is 1. The lowest BCUT2D eigenvalue weighted by Crippen LogP contribution is -2.46. The van der Waals surface area contributed by atoms with E-state index in [9.17, 15) is 26.4 Å². The molecular formula is C20H27F3N2O3S. The maximum absolute atomic E-state index is 13.1. The van der Waals surface area contributed by atoms with E-state index in [0.717, 1.165) is 25.0 Å². The molecule has 1 saturated carbocycles. The van der Waals surface area contributed by atoms with Crippen molar-refractivity contribution < 1.29 is 26.4 Å². The van der Waals surface area contributed by atoms with Gasteiger partial charge < -0.3 is 5.32 Å². The topological polar surface area (TPSA) is 66.5 Å². The maximum Gasteiger partial charge on any atom is 0.416 e. The Morgan fingerprint density at radius 1 is 1.21 bits per heavy atom. The summed E-state index contributed by atoms with van der Waals surface area (Å²) in [6.07, 6.45) is 0.730. The van der Waals surface area contributed by atoms with Gasteiger partial charge in [-0.3, -0.25) is 4.79 Å². The number of nitrogens with one attached hydrogen (secondary N) is 1. The molecule has 5 nitrogen and oxygen atoms in total. The van der Waals surface area contributed by atoms with E-state index in [1.54, 1.807) is 6.07 Å². The van der Waals surface area contributed by atoms with Crippen LogP contribution < -0.4 is 5.32 Å². The molecule has 0 aromatic heterocycles. The summed E-state index contributed by atoms with van der Waals surface area (Å²) in [5, 5.41) is 2.96. The smallest absolute Gasteiger partial charge is 0.355 e. The number of hydrogen-bond donors (Lipinski definition) is 1. The zero-order valence-corrected chi connectivity index (χ0v) is 17.3. The number of rotatable bonds is 5. The van der Waals surface area contributed by atoms with Gasteiger partial charge in [0.25, 0.3) is 0 Å². The van der Waals surface area contributed by atoms with Crippen LogP contribution in [0.25, 0.3) is 0 Å². The Morgan fingerprint density at radius 3 is 2.38 bits per heavy atom. The van der Waals surface area contributed by atoms with Crippen molar-refractivity contribution in [2.75, 3.05) is 25.9 Å². The second-order valence-electron chi connectivity index (χ2n) is 8.18. The van der Waals surface area contributed by atoms with Crippen LogP contribution in [0.5, 0.6) is 0 Å². The summed E-state index contributed by atoms with van der Waals surface area (Å²) in [6, 6.07) is 5.12. The van der Waals surface area contributed by atoms with Gasteiger partial charge in [-0.15, -0.1) is 0 Å². The number of alkyl halides is 3. The molecule has 9 heteroatoms. The van der Waals surface area contributed by atoms with E-state index in [1.807, 2.05) is 0 Å². The standard InChI is InChI=1S/C20H27F3N2O3S/c1-29(27,28)25-11-7-15(8-12-25)14-24-18(26)19(9-2-3-10-19)16-5-4-6-17(13-16)20(21,22)23/h4-6,13,15H,2-3,7-12,14H2,1H3,(H,24,26). The predicted molar refractivity (Wildman–Crippen MR) is 104 cm³/mol. The largest absolute Gasteiger partial charge is 0.416 e. The molecule has 1 aromatic carbocycles. The summed E-state index contributed by atoms with van der Waals surface area (Å²) in [4.78, 5) is 13.1. The Hall–Kier alpha value is -1.61. The molecule has 1 aliphatic heterocycles. The van der Waals surface area contributed by atoms with Crippen molar-refractivity contribution in [3.8, 4) is 0 Å². The number of benzene rings is 1. The molecule has 0 radical (unpaired) electrons. The van der Waals surface area contributed by atoms with Gasteiger partial charge in [0.15, 0.2) is 0 Å². The van der Waals surface area contributed by atoms with E-state index in [-0.39, 0.29) is 11.8 Å². The number of hydrogen-bond acceptors (Lipinski definition) is 3. The molecule has 1 N–H and O–H groups in total. The molecule has 1 aromatic rings. The van der Waals surface area contributed by atoms with E-state index in [0.29, 0.717) is 50.9 Å². The predicted octanol–water partition coefficient (Wildman–Crippen LogP) is 3.31. The van der Waals surface area contributed by atoms with E-state index < -0.39 is 27.2 Å². The normalized spacial score (nSPS) is 21.2. The quantitative estimate of drug-likeness (QED) is 0.776. The van der Waals surface area contributed by atoms with Crippen molar-refractivity contribution in [3.05, 3.63) is 35.4 Å². The van der Waals surface area contributed by atoms with Crippen molar-refractivity contribution in [2.24, 2.45) is 5.92 Å². The van der Waals surface area contributed by atoms with Gasteiger partial charge >= 0.3 is 6.18 Å². The van der Waals surface area contributed by atoms with Crippen LogP contribution >= 0.6 is 0 Å². The number of carbonyl (C=O) groups is 1. The summed E-state index contributed by atoms with van der Waals surface area (Å²) < 4.78 is 64.1. The molecule has 1 amide bonds. The lowest BCUT2D eigenvalue weighted by Gasteiger charge is -2.32. The number of halogens is 3. The number of sulfonamides is 1. The number of nitrogens with zero attached hydrogens (tertiary/aromatic N) is 1. The van der Waals surface area contributed by atoms with Crippen LogP contribution in [-0.2, 0) is 26.4 Å². The van der Waals surface area contributed by atoms with E-state index in [1.165, 1.54) is 16.6 Å².